The Morgan fingerprint density at radius 2 is 0.344 bits per heavy atom. The van der Waals surface area contributed by atoms with Crippen LogP contribution in [0.5, 0.6) is 0 Å². The molecule has 26 heteroatoms. The molecule has 90 heavy (non-hydrogen) atoms. The van der Waals surface area contributed by atoms with Gasteiger partial charge in [0.1, 0.15) is 0 Å². The minimum atomic E-state index is -4.41. The van der Waals surface area contributed by atoms with Crippen LogP contribution < -0.4 is 85.1 Å². The van der Waals surface area contributed by atoms with Crippen LogP contribution in [0.25, 0.3) is 0 Å². The molecule has 8 saturated carbocycles. The van der Waals surface area contributed by atoms with E-state index < -0.39 is 30.7 Å². The van der Waals surface area contributed by atoms with Gasteiger partial charge in [-0.25, -0.2) is 16.8 Å². The van der Waals surface area contributed by atoms with E-state index in [2.05, 4.69) is 95.1 Å². The van der Waals surface area contributed by atoms with E-state index in [0.717, 1.165) is 25.7 Å². The average Bonchev–Trinajstić information content (AvgIpc) is 1.65. The molecule has 18 aliphatic rings. The van der Waals surface area contributed by atoms with E-state index in [4.69, 9.17) is 0 Å². The maximum atomic E-state index is 12.7. The summed E-state index contributed by atoms with van der Waals surface area (Å²) in [7, 11) is -4.25. The van der Waals surface area contributed by atoms with E-state index in [9.17, 15) is 25.9 Å². The topological polar surface area (TPSA) is 307 Å². The van der Waals surface area contributed by atoms with Gasteiger partial charge in [-0.3, -0.25) is 85.1 Å². The average molecular weight is 1330 g/mol. The van der Waals surface area contributed by atoms with Crippen molar-refractivity contribution in [3.63, 3.8) is 0 Å². The van der Waals surface area contributed by atoms with Crippen molar-refractivity contribution in [2.45, 2.75) is 302 Å². The van der Waals surface area contributed by atoms with Crippen LogP contribution >= 0.6 is 10.0 Å². The van der Waals surface area contributed by atoms with E-state index >= 15 is 0 Å². The van der Waals surface area contributed by atoms with Crippen LogP contribution in [-0.4, -0.2) is 150 Å². The second-order valence-corrected chi connectivity index (χ2v) is 35.6. The van der Waals surface area contributed by atoms with Gasteiger partial charge in [0.2, 0.25) is 0 Å². The molecule has 0 aromatic rings. The number of hydrogen-bond acceptors (Lipinski definition) is 22. The van der Waals surface area contributed by atoms with Gasteiger partial charge in [-0.1, -0.05) is 89.9 Å². The van der Waals surface area contributed by atoms with Crippen LogP contribution in [0.15, 0.2) is 0 Å². The van der Waals surface area contributed by atoms with E-state index in [1.54, 1.807) is 0 Å². The number of nitrogens with one attached hydrogen (secondary N) is 16. The fraction of sp³-hybridized carbons (Fsp3) is 1.00. The third kappa shape index (κ3) is 12.2. The van der Waals surface area contributed by atoms with Gasteiger partial charge >= 0.3 is 25.4 Å². The van der Waals surface area contributed by atoms with Crippen molar-refractivity contribution in [2.75, 3.05) is 0 Å². The molecule has 504 valence electrons. The number of hydrogen-bond donors (Lipinski definition) is 16. The SMILES string of the molecule is O=S(=O)([O-])C1CCCC2C3NC4NC(NC5NC(NC6NC(NC(N3)C21)C1CCCCC61)C1CCCCC51)C1CCCCC41.O=S(=O)([O-])C1CCCC2C3NC4NC(NC5NC(NC6NC(NC(N3)C21)C1CCCCC61)C1CCCCC51)C1CCCCC41.[Al+2][Cl]. The van der Waals surface area contributed by atoms with Crippen LogP contribution in [0.2, 0.25) is 0 Å². The summed E-state index contributed by atoms with van der Waals surface area (Å²) in [5.41, 5.74) is 0. The molecule has 10 aliphatic heterocycles. The summed E-state index contributed by atoms with van der Waals surface area (Å²) in [4.78, 5) is 0. The van der Waals surface area contributed by atoms with Crippen molar-refractivity contribution in [2.24, 2.45) is 94.7 Å². The molecule has 34 atom stereocenters. The summed E-state index contributed by atoms with van der Waals surface area (Å²) in [5, 5.41) is 63.1. The maximum absolute atomic E-state index is 12.7. The summed E-state index contributed by atoms with van der Waals surface area (Å²) in [6.45, 7) is 0. The first-order chi connectivity index (χ1) is 43.8. The Morgan fingerprint density at radius 1 is 0.211 bits per heavy atom. The molecule has 10 saturated heterocycles. The van der Waals surface area contributed by atoms with E-state index in [1.165, 1.54) is 154 Å². The molecule has 34 unspecified atom stereocenters. The van der Waals surface area contributed by atoms with Crippen molar-refractivity contribution >= 4 is 45.7 Å². The first kappa shape index (κ1) is 64.7. The molecule has 0 aromatic heterocycles. The van der Waals surface area contributed by atoms with Crippen molar-refractivity contribution in [3.05, 3.63) is 0 Å². The molecule has 0 spiro atoms. The molecule has 18 fully saturated rings. The summed E-state index contributed by atoms with van der Waals surface area (Å²) in [6, 6.07) is 0. The third-order valence-corrected chi connectivity index (χ3v) is 31.0. The number of rotatable bonds is 2. The standard InChI is InChI=1S/2C32H56N8O3S.Al.ClH/c2*41-44(42,43)23-15-7-14-22-24(23)32-39-30-21-13-6-5-12-20(21)28(37-30)35-26-17-9-2-1-8-16(17)25(33-26)34-27-18-10-3-4-11-19(18)29(36-27)38-31(22)40-32;;/h2*16-40H,1-15H2,(H,41,42,43);;1H/q;;+3;/p-3. The molecular weight excluding hydrogens is 1220 g/mol. The Labute approximate surface area is 549 Å². The van der Waals surface area contributed by atoms with Gasteiger partial charge in [0.05, 0.1) is 129 Å². The second-order valence-electron chi connectivity index (χ2n) is 32.4. The van der Waals surface area contributed by atoms with Gasteiger partial charge in [-0.05, 0) is 186 Å². The van der Waals surface area contributed by atoms with Crippen LogP contribution in [0.1, 0.15) is 193 Å². The summed E-state index contributed by atoms with van der Waals surface area (Å²) >= 11 is 1.89. The summed E-state index contributed by atoms with van der Waals surface area (Å²) in [6.07, 6.45) is 37.0. The molecule has 8 aliphatic carbocycles. The third-order valence-electron chi connectivity index (χ3n) is 28.4. The minimum absolute atomic E-state index is 0.0250. The Kier molecular flexibility index (Phi) is 19.3. The van der Waals surface area contributed by atoms with Gasteiger partial charge < -0.3 is 9.11 Å². The fourth-order valence-electron chi connectivity index (χ4n) is 24.7. The normalized spacial score (nSPS) is 54.4. The second kappa shape index (κ2) is 26.9. The number of halogens is 1. The zero-order valence-electron chi connectivity index (χ0n) is 53.1. The molecule has 10 heterocycles. The zero-order valence-corrected chi connectivity index (χ0v) is 56.6. The molecule has 16 bridgehead atoms. The summed E-state index contributed by atoms with van der Waals surface area (Å²) in [5.74, 6) is 6.67. The predicted molar refractivity (Wildman–Crippen MR) is 344 cm³/mol. The number of fused-ring (bicyclic) bond motifs is 40. The van der Waals surface area contributed by atoms with Gasteiger partial charge in [0, 0.05) is 11.8 Å². The van der Waals surface area contributed by atoms with Crippen molar-refractivity contribution in [3.8, 4) is 0 Å². The van der Waals surface area contributed by atoms with Crippen LogP contribution in [-0.2, 0) is 20.2 Å². The van der Waals surface area contributed by atoms with Gasteiger partial charge in [0.25, 0.3) is 0 Å². The Balaban J connectivity index is 0.000000140. The van der Waals surface area contributed by atoms with E-state index in [-0.39, 0.29) is 110 Å². The van der Waals surface area contributed by atoms with E-state index in [1.807, 2.05) is 15.4 Å². The first-order valence-corrected chi connectivity index (χ1v) is 41.8. The monoisotopic (exact) mass is 1320 g/mol. The van der Waals surface area contributed by atoms with Gasteiger partial charge in [-0.15, -0.1) is 0 Å². The van der Waals surface area contributed by atoms with Crippen LogP contribution in [0.3, 0.4) is 0 Å². The fourth-order valence-corrected chi connectivity index (χ4v) is 27.1. The molecule has 22 nitrogen and oxygen atoms in total. The first-order valence-electron chi connectivity index (χ1n) is 37.1. The van der Waals surface area contributed by atoms with Crippen molar-refractivity contribution < 1.29 is 25.9 Å². The molecular formula is C64H110AlClN16O6S2. The quantitative estimate of drug-likeness (QED) is 0.140. The molecule has 16 N–H and O–H groups in total. The summed E-state index contributed by atoms with van der Waals surface area (Å²) < 4.78 is 76.3. The van der Waals surface area contributed by atoms with E-state index in [0.29, 0.717) is 96.2 Å². The Bertz CT molecular complexity index is 2550. The molecule has 0 amide bonds. The van der Waals surface area contributed by atoms with Crippen molar-refractivity contribution in [1.82, 2.24) is 85.1 Å². The molecule has 0 aromatic carbocycles. The van der Waals surface area contributed by atoms with Crippen LogP contribution in [0, 0.1) is 94.7 Å². The van der Waals surface area contributed by atoms with Gasteiger partial charge in [0.15, 0.2) is 0 Å². The molecule has 18 rings (SSSR count). The molecule has 0 radical (unpaired) electrons. The Hall–Kier alpha value is 0.00247. The predicted octanol–water partition coefficient (Wildman–Crippen LogP) is 2.57. The van der Waals surface area contributed by atoms with Crippen molar-refractivity contribution in [1.29, 1.82) is 0 Å². The zero-order chi connectivity index (χ0) is 61.2. The van der Waals surface area contributed by atoms with Gasteiger partial charge in [-0.2, -0.15) is 0 Å². The Morgan fingerprint density at radius 3 is 0.500 bits per heavy atom. The van der Waals surface area contributed by atoms with Crippen LogP contribution in [0.4, 0.5) is 0 Å².